The van der Waals surface area contributed by atoms with Crippen LogP contribution < -0.4 is 45.9 Å². The van der Waals surface area contributed by atoms with Crippen LogP contribution in [0, 0.1) is 0 Å². The predicted molar refractivity (Wildman–Crippen MR) is 297 cm³/mol. The standard InChI is InChI=1S/C62H54N8/c63-49-21-9-39(10-22-49)45-17-29-57(67)53(33-45)61(54-34-46(18-30-58(54)68)40-11-23-50(64)24-12-40)43-5-1-37(2-6-43)38-3-7-44(8-4-38)62(55-35-47(19-31-59(55)69)41-13-25-51(65)26-14-41)56-36-48(20-32-60(56)70)42-15-27-52(66)28-16-42/h1-36,61-62H,63-70H2. The number of nitrogen functional groups attached to an aromatic ring is 8. The topological polar surface area (TPSA) is 208 Å². The molecule has 342 valence electrons. The van der Waals surface area contributed by atoms with Crippen molar-refractivity contribution in [3.63, 3.8) is 0 Å². The van der Waals surface area contributed by atoms with Crippen molar-refractivity contribution >= 4 is 45.5 Å². The number of anilines is 8. The number of hydrogen-bond acceptors (Lipinski definition) is 8. The number of rotatable bonds is 11. The highest BCUT2D eigenvalue weighted by atomic mass is 14.6. The van der Waals surface area contributed by atoms with Crippen molar-refractivity contribution in [3.05, 3.63) is 252 Å². The lowest BCUT2D eigenvalue weighted by molar-refractivity contribution is 0.984. The molecule has 0 aromatic heterocycles. The molecule has 0 saturated heterocycles. The SMILES string of the molecule is Nc1ccc(-c2ccc(N)c(C(c3ccc(-c4ccc(C(c5cc(-c6ccc(N)cc6)ccc5N)c5cc(-c6ccc(N)cc6)ccc5N)cc4)cc3)c3cc(-c4ccc(N)cc4)ccc3N)c2)cc1. The van der Waals surface area contributed by atoms with Gasteiger partial charge < -0.3 is 45.9 Å². The molecule has 0 aliphatic rings. The van der Waals surface area contributed by atoms with Crippen molar-refractivity contribution in [1.29, 1.82) is 0 Å². The second-order valence-electron chi connectivity index (χ2n) is 18.0. The Morgan fingerprint density at radius 3 is 0.571 bits per heavy atom. The third-order valence-corrected chi connectivity index (χ3v) is 13.4. The van der Waals surface area contributed by atoms with Gasteiger partial charge >= 0.3 is 0 Å². The third kappa shape index (κ3) is 9.05. The summed E-state index contributed by atoms with van der Waals surface area (Å²) in [4.78, 5) is 0. The third-order valence-electron chi connectivity index (χ3n) is 13.4. The van der Waals surface area contributed by atoms with Crippen LogP contribution >= 0.6 is 0 Å². The van der Waals surface area contributed by atoms with E-state index in [0.717, 1.165) is 89.0 Å². The molecule has 0 bridgehead atoms. The highest BCUT2D eigenvalue weighted by Crippen LogP contribution is 2.44. The van der Waals surface area contributed by atoms with Crippen molar-refractivity contribution in [3.8, 4) is 55.6 Å². The van der Waals surface area contributed by atoms with Crippen LogP contribution in [0.1, 0.15) is 45.2 Å². The molecule has 0 heterocycles. The van der Waals surface area contributed by atoms with Gasteiger partial charge in [-0.2, -0.15) is 0 Å². The summed E-state index contributed by atoms with van der Waals surface area (Å²) in [5, 5.41) is 0. The summed E-state index contributed by atoms with van der Waals surface area (Å²) in [6.45, 7) is 0. The van der Waals surface area contributed by atoms with Crippen LogP contribution in [0.2, 0.25) is 0 Å². The van der Waals surface area contributed by atoms with E-state index in [1.54, 1.807) is 0 Å². The first kappa shape index (κ1) is 44.4. The molecule has 10 aromatic rings. The van der Waals surface area contributed by atoms with Gasteiger partial charge in [0.15, 0.2) is 0 Å². The van der Waals surface area contributed by atoms with Gasteiger partial charge in [0.25, 0.3) is 0 Å². The van der Waals surface area contributed by atoms with E-state index >= 15 is 0 Å². The van der Waals surface area contributed by atoms with Crippen molar-refractivity contribution in [2.45, 2.75) is 11.8 Å². The maximum absolute atomic E-state index is 6.93. The smallest absolute Gasteiger partial charge is 0.0381 e. The quantitative estimate of drug-likeness (QED) is 0.0461. The lowest BCUT2D eigenvalue weighted by Crippen LogP contribution is -2.10. The van der Waals surface area contributed by atoms with E-state index in [0.29, 0.717) is 45.5 Å². The van der Waals surface area contributed by atoms with Crippen molar-refractivity contribution < 1.29 is 0 Å². The molecule has 0 spiro atoms. The van der Waals surface area contributed by atoms with E-state index in [-0.39, 0.29) is 11.8 Å². The Morgan fingerprint density at radius 1 is 0.186 bits per heavy atom. The van der Waals surface area contributed by atoms with Gasteiger partial charge in [-0.1, -0.05) is 121 Å². The summed E-state index contributed by atoms with van der Waals surface area (Å²) in [5.41, 5.74) is 73.7. The molecule has 8 heteroatoms. The molecule has 16 N–H and O–H groups in total. The average Bonchev–Trinajstić information content (AvgIpc) is 3.38. The predicted octanol–water partition coefficient (Wildman–Crippen LogP) is 13.0. The molecule has 0 atom stereocenters. The summed E-state index contributed by atoms with van der Waals surface area (Å²) in [7, 11) is 0. The Balaban J connectivity index is 1.05. The monoisotopic (exact) mass is 910 g/mol. The van der Waals surface area contributed by atoms with E-state index < -0.39 is 0 Å². The van der Waals surface area contributed by atoms with Crippen LogP contribution in [0.25, 0.3) is 55.6 Å². The molecule has 0 amide bonds. The molecule has 10 aromatic carbocycles. The van der Waals surface area contributed by atoms with Gasteiger partial charge in [0.05, 0.1) is 0 Å². The molecule has 10 rings (SSSR count). The number of hydrogen-bond donors (Lipinski definition) is 8. The van der Waals surface area contributed by atoms with Crippen LogP contribution in [-0.4, -0.2) is 0 Å². The van der Waals surface area contributed by atoms with Gasteiger partial charge in [0.1, 0.15) is 0 Å². The van der Waals surface area contributed by atoms with E-state index in [1.165, 1.54) is 0 Å². The Morgan fingerprint density at radius 2 is 0.357 bits per heavy atom. The molecular formula is C62H54N8. The number of nitrogens with two attached hydrogens (primary N) is 8. The fourth-order valence-corrected chi connectivity index (χ4v) is 9.51. The molecule has 0 aliphatic heterocycles. The molecule has 0 unspecified atom stereocenters. The van der Waals surface area contributed by atoms with E-state index in [2.05, 4.69) is 72.8 Å². The van der Waals surface area contributed by atoms with Gasteiger partial charge in [-0.3, -0.25) is 0 Å². The van der Waals surface area contributed by atoms with Crippen molar-refractivity contribution in [2.75, 3.05) is 45.9 Å². The summed E-state index contributed by atoms with van der Waals surface area (Å²) >= 11 is 0. The number of benzene rings is 10. The highest BCUT2D eigenvalue weighted by Gasteiger charge is 2.25. The Hall–Kier alpha value is -9.40. The highest BCUT2D eigenvalue weighted by molar-refractivity contribution is 5.78. The van der Waals surface area contributed by atoms with Crippen molar-refractivity contribution in [1.82, 2.24) is 0 Å². The van der Waals surface area contributed by atoms with Crippen LogP contribution in [-0.2, 0) is 0 Å². The van der Waals surface area contributed by atoms with Crippen molar-refractivity contribution in [2.24, 2.45) is 0 Å². The van der Waals surface area contributed by atoms with Gasteiger partial charge in [-0.05, 0) is 186 Å². The molecule has 0 fully saturated rings. The van der Waals surface area contributed by atoms with Gasteiger partial charge in [-0.25, -0.2) is 0 Å². The molecule has 0 aliphatic carbocycles. The zero-order valence-electron chi connectivity index (χ0n) is 38.6. The van der Waals surface area contributed by atoms with Gasteiger partial charge in [0.2, 0.25) is 0 Å². The van der Waals surface area contributed by atoms with Crippen LogP contribution in [0.4, 0.5) is 45.5 Å². The fourth-order valence-electron chi connectivity index (χ4n) is 9.51. The second-order valence-corrected chi connectivity index (χ2v) is 18.0. The van der Waals surface area contributed by atoms with Gasteiger partial charge in [0, 0.05) is 57.3 Å². The first-order valence-electron chi connectivity index (χ1n) is 23.2. The molecule has 0 saturated carbocycles. The minimum absolute atomic E-state index is 0.302. The minimum atomic E-state index is -0.302. The zero-order valence-corrected chi connectivity index (χ0v) is 38.6. The minimum Gasteiger partial charge on any atom is -0.399 e. The Labute approximate surface area is 408 Å². The van der Waals surface area contributed by atoms with E-state index in [1.807, 2.05) is 146 Å². The first-order valence-corrected chi connectivity index (χ1v) is 23.2. The Kier molecular flexibility index (Phi) is 11.9. The molecular weight excluding hydrogens is 857 g/mol. The molecule has 8 nitrogen and oxygen atoms in total. The zero-order chi connectivity index (χ0) is 48.5. The van der Waals surface area contributed by atoms with E-state index in [9.17, 15) is 0 Å². The van der Waals surface area contributed by atoms with Gasteiger partial charge in [-0.15, -0.1) is 0 Å². The summed E-state index contributed by atoms with van der Waals surface area (Å²) in [5.74, 6) is -0.604. The van der Waals surface area contributed by atoms with Crippen LogP contribution in [0.3, 0.4) is 0 Å². The largest absolute Gasteiger partial charge is 0.399 e. The second kappa shape index (κ2) is 18.7. The molecule has 70 heavy (non-hydrogen) atoms. The summed E-state index contributed by atoms with van der Waals surface area (Å²) in [6.07, 6.45) is 0. The lowest BCUT2D eigenvalue weighted by atomic mass is 9.80. The average molecular weight is 911 g/mol. The maximum Gasteiger partial charge on any atom is 0.0381 e. The molecule has 0 radical (unpaired) electrons. The van der Waals surface area contributed by atoms with Crippen LogP contribution in [0.15, 0.2) is 218 Å². The Bertz CT molecular complexity index is 3050. The fraction of sp³-hybridized carbons (Fsp3) is 0.0323. The lowest BCUT2D eigenvalue weighted by Gasteiger charge is -2.24. The maximum atomic E-state index is 6.93. The van der Waals surface area contributed by atoms with Crippen LogP contribution in [0.5, 0.6) is 0 Å². The first-order chi connectivity index (χ1) is 33.9. The summed E-state index contributed by atoms with van der Waals surface area (Å²) in [6, 6.07) is 73.6. The normalized spacial score (nSPS) is 11.3. The summed E-state index contributed by atoms with van der Waals surface area (Å²) < 4.78 is 0. The van der Waals surface area contributed by atoms with E-state index in [4.69, 9.17) is 45.9 Å².